The molecule has 0 spiro atoms. The lowest BCUT2D eigenvalue weighted by molar-refractivity contribution is 0.579. The molecular formula is C21H30N4O2S. The Balaban J connectivity index is 1.74. The summed E-state index contributed by atoms with van der Waals surface area (Å²) in [5, 5.41) is 6.32. The molecule has 0 saturated carbocycles. The van der Waals surface area contributed by atoms with Crippen molar-refractivity contribution in [3.63, 3.8) is 0 Å². The van der Waals surface area contributed by atoms with Crippen molar-refractivity contribution in [1.29, 1.82) is 0 Å². The van der Waals surface area contributed by atoms with Crippen LogP contribution in [0.5, 0.6) is 0 Å². The highest BCUT2D eigenvalue weighted by Gasteiger charge is 2.11. The number of hydrogen-bond donors (Lipinski definition) is 3. The highest BCUT2D eigenvalue weighted by molar-refractivity contribution is 7.89. The van der Waals surface area contributed by atoms with E-state index in [-0.39, 0.29) is 12.3 Å². The Hall–Kier alpha value is -2.38. The van der Waals surface area contributed by atoms with Gasteiger partial charge in [0.15, 0.2) is 5.96 Å². The van der Waals surface area contributed by atoms with E-state index in [1.165, 1.54) is 11.1 Å². The van der Waals surface area contributed by atoms with Gasteiger partial charge >= 0.3 is 0 Å². The second-order valence-electron chi connectivity index (χ2n) is 6.82. The maximum atomic E-state index is 12.1. The Morgan fingerprint density at radius 2 is 1.82 bits per heavy atom. The summed E-state index contributed by atoms with van der Waals surface area (Å²) in [6.07, 6.45) is 0. The molecule has 0 radical (unpaired) electrons. The number of rotatable bonds is 9. The van der Waals surface area contributed by atoms with Crippen molar-refractivity contribution in [1.82, 2.24) is 15.4 Å². The summed E-state index contributed by atoms with van der Waals surface area (Å²) >= 11 is 0. The van der Waals surface area contributed by atoms with Crippen molar-refractivity contribution in [3.05, 3.63) is 71.3 Å². The number of nitrogens with one attached hydrogen (secondary N) is 3. The number of sulfonamides is 1. The summed E-state index contributed by atoms with van der Waals surface area (Å²) < 4.78 is 26.9. The van der Waals surface area contributed by atoms with Crippen molar-refractivity contribution in [3.8, 4) is 0 Å². The molecule has 152 valence electrons. The first-order valence-electron chi connectivity index (χ1n) is 9.42. The van der Waals surface area contributed by atoms with Crippen molar-refractivity contribution in [2.75, 3.05) is 25.9 Å². The van der Waals surface area contributed by atoms with E-state index in [2.05, 4.69) is 58.5 Å². The van der Waals surface area contributed by atoms with Gasteiger partial charge in [-0.2, -0.15) is 0 Å². The summed E-state index contributed by atoms with van der Waals surface area (Å²) in [6, 6.07) is 17.9. The van der Waals surface area contributed by atoms with Gasteiger partial charge in [-0.1, -0.05) is 67.1 Å². The van der Waals surface area contributed by atoms with Crippen molar-refractivity contribution >= 4 is 16.0 Å². The monoisotopic (exact) mass is 402 g/mol. The standard InChI is InChI=1S/C21H30N4O2S/c1-17-8-7-11-20(14-17)18(2)15-24-21(22-3)23-12-13-28(26,27)25-16-19-9-5-4-6-10-19/h4-11,14,18,25H,12-13,15-16H2,1-3H3,(H2,22,23,24). The zero-order valence-electron chi connectivity index (χ0n) is 16.8. The molecular weight excluding hydrogens is 372 g/mol. The lowest BCUT2D eigenvalue weighted by Crippen LogP contribution is -2.42. The quantitative estimate of drug-likeness (QED) is 0.444. The van der Waals surface area contributed by atoms with Gasteiger partial charge in [-0.05, 0) is 24.0 Å². The van der Waals surface area contributed by atoms with Gasteiger partial charge in [0.05, 0.1) is 5.75 Å². The molecule has 0 fully saturated rings. The predicted octanol–water partition coefficient (Wildman–Crippen LogP) is 2.38. The third kappa shape index (κ3) is 7.70. The summed E-state index contributed by atoms with van der Waals surface area (Å²) in [4.78, 5) is 4.16. The lowest BCUT2D eigenvalue weighted by Gasteiger charge is -2.17. The van der Waals surface area contributed by atoms with Crippen LogP contribution >= 0.6 is 0 Å². The average molecular weight is 403 g/mol. The smallest absolute Gasteiger partial charge is 0.213 e. The third-order valence-corrected chi connectivity index (χ3v) is 5.74. The summed E-state index contributed by atoms with van der Waals surface area (Å²) in [7, 11) is -1.68. The van der Waals surface area contributed by atoms with Crippen LogP contribution in [0.15, 0.2) is 59.6 Å². The van der Waals surface area contributed by atoms with Gasteiger partial charge in [0.25, 0.3) is 0 Å². The Labute approximate surface area is 168 Å². The number of guanidine groups is 1. The maximum Gasteiger partial charge on any atom is 0.213 e. The molecule has 2 aromatic rings. The average Bonchev–Trinajstić information content (AvgIpc) is 2.69. The molecule has 0 heterocycles. The van der Waals surface area contributed by atoms with Crippen LogP contribution in [-0.2, 0) is 16.6 Å². The van der Waals surface area contributed by atoms with E-state index >= 15 is 0 Å². The molecule has 3 N–H and O–H groups in total. The minimum Gasteiger partial charge on any atom is -0.356 e. The summed E-state index contributed by atoms with van der Waals surface area (Å²) in [6.45, 7) is 5.51. The van der Waals surface area contributed by atoms with E-state index < -0.39 is 10.0 Å². The van der Waals surface area contributed by atoms with E-state index in [0.717, 1.165) is 5.56 Å². The summed E-state index contributed by atoms with van der Waals surface area (Å²) in [5.41, 5.74) is 3.43. The minimum absolute atomic E-state index is 0.0199. The van der Waals surface area contributed by atoms with Crippen LogP contribution < -0.4 is 15.4 Å². The zero-order valence-corrected chi connectivity index (χ0v) is 17.6. The van der Waals surface area contributed by atoms with Gasteiger partial charge in [-0.3, -0.25) is 4.99 Å². The SMILES string of the molecule is CN=C(NCCS(=O)(=O)NCc1ccccc1)NCC(C)c1cccc(C)c1. The first-order valence-corrected chi connectivity index (χ1v) is 11.1. The normalized spacial score (nSPS) is 13.2. The van der Waals surface area contributed by atoms with Crippen LogP contribution in [0.2, 0.25) is 0 Å². The lowest BCUT2D eigenvalue weighted by atomic mass is 9.99. The van der Waals surface area contributed by atoms with E-state index in [0.29, 0.717) is 25.0 Å². The largest absolute Gasteiger partial charge is 0.356 e. The van der Waals surface area contributed by atoms with Crippen molar-refractivity contribution in [2.45, 2.75) is 26.3 Å². The molecule has 0 saturated heterocycles. The molecule has 0 aliphatic rings. The molecule has 7 heteroatoms. The van der Waals surface area contributed by atoms with Crippen LogP contribution in [0, 0.1) is 6.92 Å². The second-order valence-corrected chi connectivity index (χ2v) is 8.75. The first-order chi connectivity index (χ1) is 13.4. The number of nitrogens with zero attached hydrogens (tertiary/aromatic N) is 1. The minimum atomic E-state index is -3.36. The molecule has 28 heavy (non-hydrogen) atoms. The van der Waals surface area contributed by atoms with Gasteiger partial charge in [0.1, 0.15) is 0 Å². The van der Waals surface area contributed by atoms with Gasteiger partial charge in [-0.25, -0.2) is 13.1 Å². The van der Waals surface area contributed by atoms with Crippen LogP contribution in [0.3, 0.4) is 0 Å². The molecule has 2 rings (SSSR count). The topological polar surface area (TPSA) is 82.6 Å². The Kier molecular flexibility index (Phi) is 8.47. The Morgan fingerprint density at radius 3 is 2.50 bits per heavy atom. The van der Waals surface area contributed by atoms with Gasteiger partial charge in [0, 0.05) is 26.7 Å². The molecule has 0 aliphatic carbocycles. The van der Waals surface area contributed by atoms with Crippen LogP contribution in [0.25, 0.3) is 0 Å². The molecule has 0 aliphatic heterocycles. The van der Waals surface area contributed by atoms with E-state index in [9.17, 15) is 8.42 Å². The molecule has 2 aromatic carbocycles. The van der Waals surface area contributed by atoms with Crippen LogP contribution in [0.4, 0.5) is 0 Å². The summed E-state index contributed by atoms with van der Waals surface area (Å²) in [5.74, 6) is 0.890. The fourth-order valence-electron chi connectivity index (χ4n) is 2.73. The Bertz CT molecular complexity index is 867. The van der Waals surface area contributed by atoms with E-state index in [1.807, 2.05) is 30.3 Å². The maximum absolute atomic E-state index is 12.1. The van der Waals surface area contributed by atoms with Gasteiger partial charge in [0.2, 0.25) is 10.0 Å². The molecule has 1 atom stereocenters. The van der Waals surface area contributed by atoms with Crippen LogP contribution in [-0.4, -0.2) is 40.3 Å². The number of aliphatic imine (C=N–C) groups is 1. The van der Waals surface area contributed by atoms with Crippen molar-refractivity contribution < 1.29 is 8.42 Å². The van der Waals surface area contributed by atoms with Gasteiger partial charge in [-0.15, -0.1) is 0 Å². The molecule has 0 aromatic heterocycles. The number of benzene rings is 2. The molecule has 0 amide bonds. The fourth-order valence-corrected chi connectivity index (χ4v) is 3.63. The van der Waals surface area contributed by atoms with Crippen molar-refractivity contribution in [2.24, 2.45) is 4.99 Å². The number of hydrogen-bond acceptors (Lipinski definition) is 3. The Morgan fingerprint density at radius 1 is 1.07 bits per heavy atom. The predicted molar refractivity (Wildman–Crippen MR) is 116 cm³/mol. The third-order valence-electron chi connectivity index (χ3n) is 4.41. The number of aryl methyl sites for hydroxylation is 1. The molecule has 0 bridgehead atoms. The van der Waals surface area contributed by atoms with E-state index in [1.54, 1.807) is 7.05 Å². The van der Waals surface area contributed by atoms with E-state index in [4.69, 9.17) is 0 Å². The highest BCUT2D eigenvalue weighted by atomic mass is 32.2. The molecule has 1 unspecified atom stereocenters. The highest BCUT2D eigenvalue weighted by Crippen LogP contribution is 2.15. The fraction of sp³-hybridized carbons (Fsp3) is 0.381. The van der Waals surface area contributed by atoms with Crippen LogP contribution in [0.1, 0.15) is 29.5 Å². The van der Waals surface area contributed by atoms with Gasteiger partial charge < -0.3 is 10.6 Å². The first kappa shape index (κ1) is 21.9. The molecule has 6 nitrogen and oxygen atoms in total. The second kappa shape index (κ2) is 10.8. The zero-order chi connectivity index (χ0) is 20.4.